The van der Waals surface area contributed by atoms with Gasteiger partial charge in [-0.1, -0.05) is 12.5 Å². The third-order valence-electron chi connectivity index (χ3n) is 5.82. The number of carbonyl (C=O) groups excluding carboxylic acids is 1. The van der Waals surface area contributed by atoms with Crippen molar-refractivity contribution in [2.45, 2.75) is 44.7 Å². The second kappa shape index (κ2) is 7.98. The van der Waals surface area contributed by atoms with Crippen LogP contribution in [0.5, 0.6) is 0 Å². The van der Waals surface area contributed by atoms with Crippen LogP contribution in [0.4, 0.5) is 0 Å². The third kappa shape index (κ3) is 4.19. The van der Waals surface area contributed by atoms with Gasteiger partial charge in [0.2, 0.25) is 5.91 Å². The summed E-state index contributed by atoms with van der Waals surface area (Å²) in [7, 11) is 4.13. The summed E-state index contributed by atoms with van der Waals surface area (Å²) in [5, 5.41) is 2.09. The molecule has 2 N–H and O–H groups in total. The average Bonchev–Trinajstić information content (AvgIpc) is 3.03. The van der Waals surface area contributed by atoms with E-state index in [-0.39, 0.29) is 5.92 Å². The molecule has 2 bridgehead atoms. The molecule has 4 nitrogen and oxygen atoms in total. The molecule has 24 heavy (non-hydrogen) atoms. The number of fused-ring (bicyclic) bond motifs is 2. The highest BCUT2D eigenvalue weighted by Crippen LogP contribution is 2.42. The predicted octanol–water partition coefficient (Wildman–Crippen LogP) is 2.79. The maximum Gasteiger partial charge on any atom is 0.226 e. The molecule has 2 fully saturated rings. The van der Waals surface area contributed by atoms with E-state index in [2.05, 4.69) is 41.4 Å². The largest absolute Gasteiger partial charge is 0.336 e. The van der Waals surface area contributed by atoms with Crippen LogP contribution in [0.1, 0.15) is 37.0 Å². The van der Waals surface area contributed by atoms with Gasteiger partial charge in [0.25, 0.3) is 0 Å². The van der Waals surface area contributed by atoms with Crippen molar-refractivity contribution in [1.29, 1.82) is 0 Å². The molecule has 0 aliphatic heterocycles. The summed E-state index contributed by atoms with van der Waals surface area (Å²) >= 11 is 1.74. The van der Waals surface area contributed by atoms with Crippen molar-refractivity contribution in [2.24, 2.45) is 23.5 Å². The summed E-state index contributed by atoms with van der Waals surface area (Å²) in [5.41, 5.74) is 6.40. The fourth-order valence-corrected chi connectivity index (χ4v) is 5.15. The SMILES string of the molecule is CN(C)CCN(Cc1cccs1)C(=O)C1CC2CCCC(C1)C2N. The number of carbonyl (C=O) groups is 1. The topological polar surface area (TPSA) is 49.6 Å². The number of nitrogens with zero attached hydrogens (tertiary/aromatic N) is 2. The van der Waals surface area contributed by atoms with Crippen LogP contribution >= 0.6 is 11.3 Å². The molecule has 0 radical (unpaired) electrons. The predicted molar refractivity (Wildman–Crippen MR) is 99.8 cm³/mol. The van der Waals surface area contributed by atoms with Gasteiger partial charge >= 0.3 is 0 Å². The van der Waals surface area contributed by atoms with E-state index < -0.39 is 0 Å². The lowest BCUT2D eigenvalue weighted by molar-refractivity contribution is -0.139. The van der Waals surface area contributed by atoms with Gasteiger partial charge in [-0.05, 0) is 63.1 Å². The molecule has 1 heterocycles. The highest BCUT2D eigenvalue weighted by atomic mass is 32.1. The van der Waals surface area contributed by atoms with Gasteiger partial charge in [0.1, 0.15) is 0 Å². The molecular formula is C19H31N3OS. The molecular weight excluding hydrogens is 318 g/mol. The smallest absolute Gasteiger partial charge is 0.226 e. The lowest BCUT2D eigenvalue weighted by atomic mass is 9.65. The normalized spacial score (nSPS) is 29.7. The maximum atomic E-state index is 13.2. The standard InChI is InChI=1S/C19H31N3OS/c1-21(2)8-9-22(13-17-7-4-10-24-17)19(23)16-11-14-5-3-6-15(12-16)18(14)20/h4,7,10,14-16,18H,3,5-6,8-9,11-13,20H2,1-2H3. The molecule has 1 aromatic heterocycles. The maximum absolute atomic E-state index is 13.2. The molecule has 134 valence electrons. The highest BCUT2D eigenvalue weighted by Gasteiger charge is 2.41. The Hall–Kier alpha value is -0.910. The van der Waals surface area contributed by atoms with Crippen molar-refractivity contribution in [2.75, 3.05) is 27.2 Å². The van der Waals surface area contributed by atoms with Crippen LogP contribution in [0.3, 0.4) is 0 Å². The first-order valence-corrected chi connectivity index (χ1v) is 10.1. The first-order valence-electron chi connectivity index (χ1n) is 9.26. The van der Waals surface area contributed by atoms with E-state index in [1.807, 2.05) is 0 Å². The Labute approximate surface area is 150 Å². The Morgan fingerprint density at radius 1 is 1.25 bits per heavy atom. The zero-order valence-electron chi connectivity index (χ0n) is 15.0. The molecule has 3 rings (SSSR count). The van der Waals surface area contributed by atoms with Gasteiger partial charge in [-0.25, -0.2) is 0 Å². The lowest BCUT2D eigenvalue weighted by Crippen LogP contribution is -2.50. The Bertz CT molecular complexity index is 517. The van der Waals surface area contributed by atoms with Gasteiger partial charge in [0.15, 0.2) is 0 Å². The van der Waals surface area contributed by atoms with Gasteiger partial charge in [-0.15, -0.1) is 11.3 Å². The molecule has 5 heteroatoms. The van der Waals surface area contributed by atoms with Crippen molar-refractivity contribution in [3.05, 3.63) is 22.4 Å². The van der Waals surface area contributed by atoms with Crippen LogP contribution in [0, 0.1) is 17.8 Å². The molecule has 1 aromatic rings. The van der Waals surface area contributed by atoms with E-state index in [1.165, 1.54) is 24.1 Å². The molecule has 2 aliphatic rings. The fourth-order valence-electron chi connectivity index (χ4n) is 4.43. The number of likely N-dealkylation sites (N-methyl/N-ethyl adjacent to an activating group) is 1. The molecule has 0 spiro atoms. The van der Waals surface area contributed by atoms with Crippen LogP contribution in [0.25, 0.3) is 0 Å². The van der Waals surface area contributed by atoms with Crippen LogP contribution in [0.15, 0.2) is 17.5 Å². The summed E-state index contributed by atoms with van der Waals surface area (Å²) < 4.78 is 0. The second-order valence-electron chi connectivity index (χ2n) is 7.84. The molecule has 2 aliphatic carbocycles. The minimum Gasteiger partial charge on any atom is -0.336 e. The summed E-state index contributed by atoms with van der Waals surface area (Å²) in [6.45, 7) is 2.47. The van der Waals surface area contributed by atoms with Crippen LogP contribution in [0.2, 0.25) is 0 Å². The molecule has 0 aromatic carbocycles. The van der Waals surface area contributed by atoms with Crippen LogP contribution in [-0.4, -0.2) is 48.9 Å². The molecule has 2 unspecified atom stereocenters. The summed E-state index contributed by atoms with van der Waals surface area (Å²) in [6.07, 6.45) is 5.72. The Morgan fingerprint density at radius 3 is 2.54 bits per heavy atom. The third-order valence-corrected chi connectivity index (χ3v) is 6.68. The zero-order chi connectivity index (χ0) is 17.1. The van der Waals surface area contributed by atoms with E-state index in [0.717, 1.165) is 32.5 Å². The molecule has 1 amide bonds. The van der Waals surface area contributed by atoms with Gasteiger partial charge in [0, 0.05) is 29.9 Å². The summed E-state index contributed by atoms with van der Waals surface area (Å²) in [4.78, 5) is 18.8. The van der Waals surface area contributed by atoms with Gasteiger partial charge in [-0.3, -0.25) is 4.79 Å². The number of amides is 1. The van der Waals surface area contributed by atoms with E-state index in [1.54, 1.807) is 11.3 Å². The number of hydrogen-bond donors (Lipinski definition) is 1. The second-order valence-corrected chi connectivity index (χ2v) is 8.87. The monoisotopic (exact) mass is 349 g/mol. The Morgan fingerprint density at radius 2 is 1.96 bits per heavy atom. The van der Waals surface area contributed by atoms with Gasteiger partial charge in [0.05, 0.1) is 6.54 Å². The van der Waals surface area contributed by atoms with Gasteiger partial charge < -0.3 is 15.5 Å². The Balaban J connectivity index is 1.68. The first kappa shape index (κ1) is 17.9. The minimum absolute atomic E-state index is 0.183. The number of rotatable bonds is 6. The van der Waals surface area contributed by atoms with E-state index in [4.69, 9.17) is 5.73 Å². The van der Waals surface area contributed by atoms with E-state index in [0.29, 0.717) is 23.8 Å². The number of thiophene rings is 1. The number of nitrogens with two attached hydrogens (primary N) is 1. The van der Waals surface area contributed by atoms with Crippen molar-refractivity contribution >= 4 is 17.2 Å². The number of hydrogen-bond acceptors (Lipinski definition) is 4. The Kier molecular flexibility index (Phi) is 5.95. The van der Waals surface area contributed by atoms with E-state index >= 15 is 0 Å². The lowest BCUT2D eigenvalue weighted by Gasteiger charge is -2.44. The molecule has 0 saturated heterocycles. The first-order chi connectivity index (χ1) is 11.5. The fraction of sp³-hybridized carbons (Fsp3) is 0.737. The van der Waals surface area contributed by atoms with Crippen LogP contribution < -0.4 is 5.73 Å². The van der Waals surface area contributed by atoms with Gasteiger partial charge in [-0.2, -0.15) is 0 Å². The van der Waals surface area contributed by atoms with Crippen molar-refractivity contribution in [3.63, 3.8) is 0 Å². The average molecular weight is 350 g/mol. The minimum atomic E-state index is 0.183. The highest BCUT2D eigenvalue weighted by molar-refractivity contribution is 7.09. The quantitative estimate of drug-likeness (QED) is 0.859. The van der Waals surface area contributed by atoms with E-state index in [9.17, 15) is 4.79 Å². The van der Waals surface area contributed by atoms with Crippen molar-refractivity contribution < 1.29 is 4.79 Å². The zero-order valence-corrected chi connectivity index (χ0v) is 15.8. The molecule has 2 saturated carbocycles. The van der Waals surface area contributed by atoms with Crippen molar-refractivity contribution in [1.82, 2.24) is 9.80 Å². The van der Waals surface area contributed by atoms with Crippen LogP contribution in [-0.2, 0) is 11.3 Å². The van der Waals surface area contributed by atoms with Crippen molar-refractivity contribution in [3.8, 4) is 0 Å². The summed E-state index contributed by atoms with van der Waals surface area (Å²) in [5.74, 6) is 1.66. The summed E-state index contributed by atoms with van der Waals surface area (Å²) in [6, 6.07) is 4.53. The molecule has 2 atom stereocenters.